The van der Waals surface area contributed by atoms with Crippen LogP contribution in [0.4, 0.5) is 0 Å². The van der Waals surface area contributed by atoms with Gasteiger partial charge in [0, 0.05) is 13.1 Å². The highest BCUT2D eigenvalue weighted by molar-refractivity contribution is 9.10. The maximum absolute atomic E-state index is 12.4. The lowest BCUT2D eigenvalue weighted by Crippen LogP contribution is -2.35. The third kappa shape index (κ3) is 4.65. The Balaban J connectivity index is 2.06. The summed E-state index contributed by atoms with van der Waals surface area (Å²) in [5, 5.41) is 9.16. The number of hydrogen-bond acceptors (Lipinski definition) is 3. The molecule has 0 spiro atoms. The lowest BCUT2D eigenvalue weighted by Gasteiger charge is -2.21. The molecule has 0 atom stereocenters. The Morgan fingerprint density at radius 1 is 1.10 bits per heavy atom. The molecular formula is C16H17BrN2O2. The van der Waals surface area contributed by atoms with Gasteiger partial charge >= 0.3 is 0 Å². The van der Waals surface area contributed by atoms with Gasteiger partial charge in [0.15, 0.2) is 0 Å². The quantitative estimate of drug-likeness (QED) is 0.816. The van der Waals surface area contributed by atoms with Gasteiger partial charge < -0.3 is 10.0 Å². The van der Waals surface area contributed by atoms with Gasteiger partial charge in [-0.3, -0.25) is 4.79 Å². The summed E-state index contributed by atoms with van der Waals surface area (Å²) in [6, 6.07) is 15.2. The maximum atomic E-state index is 12.4. The predicted octanol–water partition coefficient (Wildman–Crippen LogP) is 2.52. The van der Waals surface area contributed by atoms with Crippen LogP contribution in [0.5, 0.6) is 0 Å². The third-order valence-corrected chi connectivity index (χ3v) is 3.55. The molecule has 0 aliphatic carbocycles. The molecule has 0 fully saturated rings. The summed E-state index contributed by atoms with van der Waals surface area (Å²) >= 11 is 3.26. The van der Waals surface area contributed by atoms with Crippen molar-refractivity contribution in [1.29, 1.82) is 0 Å². The molecule has 0 saturated heterocycles. The minimum Gasteiger partial charge on any atom is -0.395 e. The largest absolute Gasteiger partial charge is 0.395 e. The minimum atomic E-state index is -0.165. The van der Waals surface area contributed by atoms with Crippen LogP contribution in [0.1, 0.15) is 16.1 Å². The standard InChI is InChI=1S/C16H17BrN2O2/c17-15-8-4-7-14(18-15)16(21)19(11-12-20)10-9-13-5-2-1-3-6-13/h1-8,20H,9-12H2. The number of pyridine rings is 1. The highest BCUT2D eigenvalue weighted by Gasteiger charge is 2.16. The molecule has 0 radical (unpaired) electrons. The number of carbonyl (C=O) groups is 1. The van der Waals surface area contributed by atoms with Gasteiger partial charge in [-0.1, -0.05) is 36.4 Å². The molecule has 0 aliphatic rings. The molecule has 1 N–H and O–H groups in total. The van der Waals surface area contributed by atoms with Gasteiger partial charge in [-0.15, -0.1) is 0 Å². The van der Waals surface area contributed by atoms with Crippen molar-refractivity contribution in [3.05, 3.63) is 64.4 Å². The van der Waals surface area contributed by atoms with Crippen LogP contribution in [0.25, 0.3) is 0 Å². The summed E-state index contributed by atoms with van der Waals surface area (Å²) in [4.78, 5) is 18.2. The SMILES string of the molecule is O=C(c1cccc(Br)n1)N(CCO)CCc1ccccc1. The van der Waals surface area contributed by atoms with E-state index >= 15 is 0 Å². The fraction of sp³-hybridized carbons (Fsp3) is 0.250. The number of hydrogen-bond donors (Lipinski definition) is 1. The van der Waals surface area contributed by atoms with Gasteiger partial charge in [0.2, 0.25) is 0 Å². The molecule has 2 aromatic rings. The van der Waals surface area contributed by atoms with Crippen LogP contribution in [0, 0.1) is 0 Å². The first-order chi connectivity index (χ1) is 10.2. The number of aliphatic hydroxyl groups excluding tert-OH is 1. The average molecular weight is 349 g/mol. The Kier molecular flexibility index (Phi) is 5.90. The minimum absolute atomic E-state index is 0.0610. The summed E-state index contributed by atoms with van der Waals surface area (Å²) in [6.45, 7) is 0.798. The molecule has 2 rings (SSSR count). The Morgan fingerprint density at radius 2 is 1.86 bits per heavy atom. The van der Waals surface area contributed by atoms with Crippen molar-refractivity contribution in [2.45, 2.75) is 6.42 Å². The van der Waals surface area contributed by atoms with Gasteiger partial charge in [0.05, 0.1) is 6.61 Å². The molecular weight excluding hydrogens is 332 g/mol. The van der Waals surface area contributed by atoms with E-state index in [9.17, 15) is 4.79 Å². The van der Waals surface area contributed by atoms with Crippen LogP contribution in [-0.4, -0.2) is 40.6 Å². The summed E-state index contributed by atoms with van der Waals surface area (Å²) in [7, 11) is 0. The number of aliphatic hydroxyl groups is 1. The van der Waals surface area contributed by atoms with Crippen molar-refractivity contribution in [3.63, 3.8) is 0 Å². The Bertz CT molecular complexity index is 590. The zero-order chi connectivity index (χ0) is 15.1. The van der Waals surface area contributed by atoms with Gasteiger partial charge in [-0.25, -0.2) is 4.98 Å². The van der Waals surface area contributed by atoms with Crippen LogP contribution in [0.2, 0.25) is 0 Å². The van der Waals surface area contributed by atoms with Crippen molar-refractivity contribution < 1.29 is 9.90 Å². The van der Waals surface area contributed by atoms with E-state index in [0.717, 1.165) is 12.0 Å². The van der Waals surface area contributed by atoms with E-state index in [1.54, 1.807) is 23.1 Å². The second-order valence-corrected chi connectivity index (χ2v) is 5.41. The smallest absolute Gasteiger partial charge is 0.272 e. The van der Waals surface area contributed by atoms with Crippen LogP contribution in [-0.2, 0) is 6.42 Å². The van der Waals surface area contributed by atoms with Gasteiger partial charge in [0.25, 0.3) is 5.91 Å². The van der Waals surface area contributed by atoms with Crippen molar-refractivity contribution in [2.75, 3.05) is 19.7 Å². The van der Waals surface area contributed by atoms with Crippen LogP contribution in [0.3, 0.4) is 0 Å². The first-order valence-corrected chi connectivity index (χ1v) is 7.56. The number of benzene rings is 1. The lowest BCUT2D eigenvalue weighted by atomic mass is 10.1. The number of amides is 1. The van der Waals surface area contributed by atoms with Crippen molar-refractivity contribution in [2.24, 2.45) is 0 Å². The first kappa shape index (κ1) is 15.7. The number of carbonyl (C=O) groups excluding carboxylic acids is 1. The highest BCUT2D eigenvalue weighted by atomic mass is 79.9. The summed E-state index contributed by atoms with van der Waals surface area (Å²) in [5.74, 6) is -0.165. The number of halogens is 1. The molecule has 5 heteroatoms. The van der Waals surface area contributed by atoms with Gasteiger partial charge in [-0.05, 0) is 40.0 Å². The Morgan fingerprint density at radius 3 is 2.52 bits per heavy atom. The second-order valence-electron chi connectivity index (χ2n) is 4.60. The number of rotatable bonds is 6. The summed E-state index contributed by atoms with van der Waals surface area (Å²) in [5.41, 5.74) is 1.54. The van der Waals surface area contributed by atoms with E-state index in [0.29, 0.717) is 23.4 Å². The van der Waals surface area contributed by atoms with E-state index < -0.39 is 0 Å². The van der Waals surface area contributed by atoms with E-state index in [1.807, 2.05) is 30.3 Å². The first-order valence-electron chi connectivity index (χ1n) is 6.77. The molecule has 0 unspecified atom stereocenters. The summed E-state index contributed by atoms with van der Waals surface area (Å²) in [6.07, 6.45) is 0.751. The van der Waals surface area contributed by atoms with Crippen molar-refractivity contribution >= 4 is 21.8 Å². The van der Waals surface area contributed by atoms with Crippen LogP contribution in [0.15, 0.2) is 53.1 Å². The molecule has 1 amide bonds. The fourth-order valence-electron chi connectivity index (χ4n) is 2.03. The lowest BCUT2D eigenvalue weighted by molar-refractivity contribution is 0.0718. The molecule has 0 aliphatic heterocycles. The topological polar surface area (TPSA) is 53.4 Å². The second kappa shape index (κ2) is 7.90. The molecule has 1 heterocycles. The fourth-order valence-corrected chi connectivity index (χ4v) is 2.38. The Hall–Kier alpha value is -1.72. The normalized spacial score (nSPS) is 10.4. The van der Waals surface area contributed by atoms with E-state index in [2.05, 4.69) is 20.9 Å². The zero-order valence-electron chi connectivity index (χ0n) is 11.6. The average Bonchev–Trinajstić information content (AvgIpc) is 2.52. The van der Waals surface area contributed by atoms with Crippen LogP contribution >= 0.6 is 15.9 Å². The van der Waals surface area contributed by atoms with Crippen molar-refractivity contribution in [1.82, 2.24) is 9.88 Å². The Labute approximate surface area is 132 Å². The van der Waals surface area contributed by atoms with Crippen LogP contribution < -0.4 is 0 Å². The summed E-state index contributed by atoms with van der Waals surface area (Å²) < 4.78 is 0.625. The zero-order valence-corrected chi connectivity index (χ0v) is 13.2. The maximum Gasteiger partial charge on any atom is 0.272 e. The van der Waals surface area contributed by atoms with E-state index in [-0.39, 0.29) is 12.5 Å². The van der Waals surface area contributed by atoms with Gasteiger partial charge in [-0.2, -0.15) is 0 Å². The predicted molar refractivity (Wildman–Crippen MR) is 85.1 cm³/mol. The molecule has 4 nitrogen and oxygen atoms in total. The molecule has 21 heavy (non-hydrogen) atoms. The molecule has 1 aromatic heterocycles. The van der Waals surface area contributed by atoms with E-state index in [4.69, 9.17) is 5.11 Å². The third-order valence-electron chi connectivity index (χ3n) is 3.10. The van der Waals surface area contributed by atoms with Crippen molar-refractivity contribution in [3.8, 4) is 0 Å². The molecule has 0 bridgehead atoms. The van der Waals surface area contributed by atoms with E-state index in [1.165, 1.54) is 0 Å². The monoisotopic (exact) mass is 348 g/mol. The molecule has 110 valence electrons. The highest BCUT2D eigenvalue weighted by Crippen LogP contribution is 2.10. The molecule has 0 saturated carbocycles. The number of nitrogens with zero attached hydrogens (tertiary/aromatic N) is 2. The molecule has 1 aromatic carbocycles. The number of aromatic nitrogens is 1. The van der Waals surface area contributed by atoms with Gasteiger partial charge in [0.1, 0.15) is 10.3 Å².